The lowest BCUT2D eigenvalue weighted by Gasteiger charge is -2.11. The van der Waals surface area contributed by atoms with Crippen molar-refractivity contribution in [3.63, 3.8) is 0 Å². The molecule has 1 N–H and O–H groups in total. The molecule has 5 nitrogen and oxygen atoms in total. The first-order valence-corrected chi connectivity index (χ1v) is 10.4. The van der Waals surface area contributed by atoms with Gasteiger partial charge in [-0.05, 0) is 50.3 Å². The molecule has 7 heteroatoms. The molecule has 1 heterocycles. The molecule has 0 amide bonds. The quantitative estimate of drug-likeness (QED) is 0.700. The van der Waals surface area contributed by atoms with E-state index in [0.29, 0.717) is 35.3 Å². The average Bonchev–Trinajstić information content (AvgIpc) is 2.85. The molecule has 138 valence electrons. The molecule has 0 spiro atoms. The molecule has 0 fully saturated rings. The fraction of sp³-hybridized carbons (Fsp3) is 0.500. The van der Waals surface area contributed by atoms with Crippen molar-refractivity contribution in [3.8, 4) is 0 Å². The Morgan fingerprint density at radius 1 is 1.24 bits per heavy atom. The summed E-state index contributed by atoms with van der Waals surface area (Å²) >= 11 is 6.11. The predicted molar refractivity (Wildman–Crippen MR) is 102 cm³/mol. The summed E-state index contributed by atoms with van der Waals surface area (Å²) in [4.78, 5) is 0.300. The van der Waals surface area contributed by atoms with Crippen LogP contribution in [0.4, 0.5) is 0 Å². The number of aryl methyl sites for hydroxylation is 2. The van der Waals surface area contributed by atoms with Gasteiger partial charge in [0, 0.05) is 13.1 Å². The first-order chi connectivity index (χ1) is 11.8. The molecule has 0 aliphatic rings. The largest absolute Gasteiger partial charge is 0.268 e. The van der Waals surface area contributed by atoms with Gasteiger partial charge in [-0.2, -0.15) is 5.10 Å². The van der Waals surface area contributed by atoms with E-state index in [0.717, 1.165) is 23.4 Å². The topological polar surface area (TPSA) is 64.0 Å². The third kappa shape index (κ3) is 4.84. The molecule has 0 bridgehead atoms. The van der Waals surface area contributed by atoms with E-state index in [1.807, 2.05) is 30.7 Å². The summed E-state index contributed by atoms with van der Waals surface area (Å²) in [5, 5.41) is 5.01. The van der Waals surface area contributed by atoms with Gasteiger partial charge >= 0.3 is 0 Å². The van der Waals surface area contributed by atoms with Crippen LogP contribution in [0.2, 0.25) is 5.02 Å². The van der Waals surface area contributed by atoms with Crippen molar-refractivity contribution >= 4 is 21.6 Å². The second-order valence-electron chi connectivity index (χ2n) is 6.34. The van der Waals surface area contributed by atoms with Crippen LogP contribution in [0.25, 0.3) is 0 Å². The highest BCUT2D eigenvalue weighted by Crippen LogP contribution is 2.21. The van der Waals surface area contributed by atoms with Crippen molar-refractivity contribution in [2.24, 2.45) is 0 Å². The zero-order valence-corrected chi connectivity index (χ0v) is 16.8. The molecule has 0 saturated heterocycles. The number of nitrogens with zero attached hydrogens (tertiary/aromatic N) is 2. The van der Waals surface area contributed by atoms with Crippen LogP contribution in [-0.4, -0.2) is 24.7 Å². The second-order valence-corrected chi connectivity index (χ2v) is 8.48. The van der Waals surface area contributed by atoms with Gasteiger partial charge in [0.05, 0.1) is 21.3 Å². The van der Waals surface area contributed by atoms with E-state index in [9.17, 15) is 8.42 Å². The Labute approximate surface area is 155 Å². The van der Waals surface area contributed by atoms with Gasteiger partial charge in [0.15, 0.2) is 0 Å². The van der Waals surface area contributed by atoms with E-state index < -0.39 is 10.0 Å². The van der Waals surface area contributed by atoms with E-state index in [2.05, 4.69) is 23.7 Å². The normalized spacial score (nSPS) is 13.2. The Balaban J connectivity index is 1.92. The molecule has 1 atom stereocenters. The van der Waals surface area contributed by atoms with Crippen LogP contribution in [0.1, 0.15) is 49.6 Å². The molecular formula is C18H26ClN3O2S. The molecule has 1 unspecified atom stereocenters. The highest BCUT2D eigenvalue weighted by atomic mass is 35.5. The number of sulfonamides is 1. The van der Waals surface area contributed by atoms with Gasteiger partial charge in [0.2, 0.25) is 10.0 Å². The van der Waals surface area contributed by atoms with Crippen molar-refractivity contribution in [1.82, 2.24) is 14.5 Å². The summed E-state index contributed by atoms with van der Waals surface area (Å²) in [5.41, 5.74) is 2.85. The van der Waals surface area contributed by atoms with Crippen LogP contribution >= 0.6 is 11.6 Å². The summed E-state index contributed by atoms with van der Waals surface area (Å²) in [6, 6.07) is 7.12. The number of nitrogens with one attached hydrogen (secondary N) is 1. The molecular weight excluding hydrogens is 358 g/mol. The van der Waals surface area contributed by atoms with Crippen LogP contribution in [0.3, 0.4) is 0 Å². The summed E-state index contributed by atoms with van der Waals surface area (Å²) in [6.45, 7) is 8.99. The molecule has 2 rings (SSSR count). The fourth-order valence-electron chi connectivity index (χ4n) is 2.62. The average molecular weight is 384 g/mol. The first-order valence-electron chi connectivity index (χ1n) is 8.55. The van der Waals surface area contributed by atoms with Crippen molar-refractivity contribution < 1.29 is 8.42 Å². The molecule has 1 aromatic heterocycles. The number of hydrogen-bond acceptors (Lipinski definition) is 3. The van der Waals surface area contributed by atoms with E-state index >= 15 is 0 Å². The summed E-state index contributed by atoms with van der Waals surface area (Å²) < 4.78 is 29.2. The van der Waals surface area contributed by atoms with Gasteiger partial charge < -0.3 is 0 Å². The zero-order chi connectivity index (χ0) is 18.6. The third-order valence-corrected chi connectivity index (χ3v) is 6.53. The molecule has 0 aliphatic heterocycles. The lowest BCUT2D eigenvalue weighted by atomic mass is 9.99. The number of rotatable bonds is 8. The minimum absolute atomic E-state index is 0.300. The molecule has 25 heavy (non-hydrogen) atoms. The lowest BCUT2D eigenvalue weighted by Crippen LogP contribution is -2.25. The summed E-state index contributed by atoms with van der Waals surface area (Å²) in [7, 11) is -3.48. The Bertz CT molecular complexity index is 814. The van der Waals surface area contributed by atoms with Gasteiger partial charge in [-0.25, -0.2) is 13.1 Å². The minimum atomic E-state index is -3.48. The van der Waals surface area contributed by atoms with E-state index in [1.165, 1.54) is 0 Å². The van der Waals surface area contributed by atoms with Gasteiger partial charge in [0.1, 0.15) is 0 Å². The molecule has 1 aromatic carbocycles. The Morgan fingerprint density at radius 2 is 1.88 bits per heavy atom. The number of benzene rings is 1. The van der Waals surface area contributed by atoms with Gasteiger partial charge in [-0.15, -0.1) is 0 Å². The molecule has 0 aliphatic carbocycles. The monoisotopic (exact) mass is 383 g/mol. The fourth-order valence-corrected chi connectivity index (χ4v) is 3.83. The van der Waals surface area contributed by atoms with E-state index in [4.69, 9.17) is 11.6 Å². The number of aromatic nitrogens is 2. The summed E-state index contributed by atoms with van der Waals surface area (Å²) in [6.07, 6.45) is 1.67. The third-order valence-electron chi connectivity index (χ3n) is 4.50. The van der Waals surface area contributed by atoms with Crippen LogP contribution in [-0.2, 0) is 16.6 Å². The molecule has 2 aromatic rings. The SMILES string of the molecule is CCC(C)c1ccc(S(=O)(=O)NCCCn2nc(C)c(Cl)c2C)cc1. The van der Waals surface area contributed by atoms with Crippen LogP contribution < -0.4 is 4.72 Å². The maximum Gasteiger partial charge on any atom is 0.240 e. The highest BCUT2D eigenvalue weighted by molar-refractivity contribution is 7.89. The number of hydrogen-bond donors (Lipinski definition) is 1. The van der Waals surface area contributed by atoms with Crippen molar-refractivity contribution in [1.29, 1.82) is 0 Å². The summed E-state index contributed by atoms with van der Waals surface area (Å²) in [5.74, 6) is 0.428. The van der Waals surface area contributed by atoms with Crippen molar-refractivity contribution in [2.75, 3.05) is 6.54 Å². The smallest absolute Gasteiger partial charge is 0.240 e. The van der Waals surface area contributed by atoms with E-state index in [-0.39, 0.29) is 0 Å². The van der Waals surface area contributed by atoms with Crippen molar-refractivity contribution in [3.05, 3.63) is 46.2 Å². The van der Waals surface area contributed by atoms with Crippen LogP contribution in [0, 0.1) is 13.8 Å². The maximum absolute atomic E-state index is 12.4. The first kappa shape index (κ1) is 19.9. The molecule has 0 saturated carbocycles. The van der Waals surface area contributed by atoms with Gasteiger partial charge in [-0.1, -0.05) is 37.6 Å². The standard InChI is InChI=1S/C18H26ClN3O2S/c1-5-13(2)16-7-9-17(10-8-16)25(23,24)20-11-6-12-22-15(4)18(19)14(3)21-22/h7-10,13,20H,5-6,11-12H2,1-4H3. The van der Waals surface area contributed by atoms with Gasteiger partial charge in [-0.3, -0.25) is 4.68 Å². The van der Waals surface area contributed by atoms with Gasteiger partial charge in [0.25, 0.3) is 0 Å². The van der Waals surface area contributed by atoms with E-state index in [1.54, 1.807) is 12.1 Å². The second kappa shape index (κ2) is 8.34. The maximum atomic E-state index is 12.4. The zero-order valence-electron chi connectivity index (χ0n) is 15.2. The molecule has 0 radical (unpaired) electrons. The Morgan fingerprint density at radius 3 is 2.40 bits per heavy atom. The minimum Gasteiger partial charge on any atom is -0.268 e. The number of halogens is 1. The predicted octanol–water partition coefficient (Wildman–Crippen LogP) is 4.04. The Hall–Kier alpha value is -1.37. The van der Waals surface area contributed by atoms with Crippen LogP contribution in [0.5, 0.6) is 0 Å². The lowest BCUT2D eigenvalue weighted by molar-refractivity contribution is 0.544. The van der Waals surface area contributed by atoms with Crippen molar-refractivity contribution in [2.45, 2.75) is 57.9 Å². The highest BCUT2D eigenvalue weighted by Gasteiger charge is 2.14. The van der Waals surface area contributed by atoms with Crippen LogP contribution in [0.15, 0.2) is 29.2 Å². The Kier molecular flexibility index (Phi) is 6.65.